The highest BCUT2D eigenvalue weighted by atomic mass is 16.5. The highest BCUT2D eigenvalue weighted by molar-refractivity contribution is 5.69. The van der Waals surface area contributed by atoms with Gasteiger partial charge in [0.2, 0.25) is 0 Å². The summed E-state index contributed by atoms with van der Waals surface area (Å²) < 4.78 is 4.80. The molecular weight excluding hydrogens is 240 g/mol. The van der Waals surface area contributed by atoms with Crippen molar-refractivity contribution in [2.75, 3.05) is 33.3 Å². The van der Waals surface area contributed by atoms with Crippen molar-refractivity contribution in [1.29, 1.82) is 0 Å². The zero-order chi connectivity index (χ0) is 14.3. The molecule has 0 aromatic rings. The first-order valence-corrected chi connectivity index (χ1v) is 7.57. The van der Waals surface area contributed by atoms with Crippen LogP contribution in [-0.2, 0) is 9.53 Å². The van der Waals surface area contributed by atoms with E-state index >= 15 is 0 Å². The van der Waals surface area contributed by atoms with E-state index in [0.717, 1.165) is 32.6 Å². The third kappa shape index (κ3) is 6.39. The molecule has 19 heavy (non-hydrogen) atoms. The second-order valence-electron chi connectivity index (χ2n) is 6.14. The summed E-state index contributed by atoms with van der Waals surface area (Å²) in [6.45, 7) is 11.0. The highest BCUT2D eigenvalue weighted by Crippen LogP contribution is 2.21. The van der Waals surface area contributed by atoms with E-state index in [2.05, 4.69) is 31.0 Å². The van der Waals surface area contributed by atoms with E-state index < -0.39 is 0 Å². The fourth-order valence-electron chi connectivity index (χ4n) is 2.82. The van der Waals surface area contributed by atoms with Crippen LogP contribution in [0.4, 0.5) is 0 Å². The number of methoxy groups -OCH3 is 1. The van der Waals surface area contributed by atoms with E-state index in [0.29, 0.717) is 24.3 Å². The Kier molecular flexibility index (Phi) is 7.39. The molecule has 0 aromatic carbocycles. The van der Waals surface area contributed by atoms with Crippen molar-refractivity contribution in [3.63, 3.8) is 0 Å². The maximum atomic E-state index is 11.5. The molecule has 1 rings (SSSR count). The monoisotopic (exact) mass is 270 g/mol. The van der Waals surface area contributed by atoms with Crippen LogP contribution in [0.5, 0.6) is 0 Å². The van der Waals surface area contributed by atoms with E-state index in [1.165, 1.54) is 13.5 Å². The number of carbonyl (C=O) groups is 1. The van der Waals surface area contributed by atoms with E-state index in [9.17, 15) is 4.79 Å². The van der Waals surface area contributed by atoms with Gasteiger partial charge in [-0.15, -0.1) is 0 Å². The van der Waals surface area contributed by atoms with Crippen LogP contribution in [0.3, 0.4) is 0 Å². The van der Waals surface area contributed by atoms with E-state index in [1.54, 1.807) is 0 Å². The third-order valence-electron chi connectivity index (χ3n) is 3.65. The summed E-state index contributed by atoms with van der Waals surface area (Å²) in [5, 5.41) is 3.64. The Morgan fingerprint density at radius 2 is 2.16 bits per heavy atom. The molecule has 0 spiro atoms. The lowest BCUT2D eigenvalue weighted by Gasteiger charge is -2.38. The number of nitrogens with zero attached hydrogens (tertiary/aromatic N) is 1. The standard InChI is InChI=1S/C15H30N2O2/c1-5-6-17-10-13(8-15(18)19-4)7-14(11-17)16-9-12(2)3/h12-14,16H,5-11H2,1-4H3. The van der Waals surface area contributed by atoms with Gasteiger partial charge in [0.25, 0.3) is 0 Å². The van der Waals surface area contributed by atoms with Crippen LogP contribution in [0.1, 0.15) is 40.0 Å². The molecule has 1 fully saturated rings. The van der Waals surface area contributed by atoms with Crippen LogP contribution in [0.15, 0.2) is 0 Å². The van der Waals surface area contributed by atoms with Gasteiger partial charge in [0.15, 0.2) is 0 Å². The van der Waals surface area contributed by atoms with Gasteiger partial charge in [0.1, 0.15) is 0 Å². The SMILES string of the molecule is CCCN1CC(CC(=O)OC)CC(NCC(C)C)C1. The van der Waals surface area contributed by atoms with Crippen molar-refractivity contribution in [2.45, 2.75) is 46.1 Å². The number of likely N-dealkylation sites (tertiary alicyclic amines) is 1. The second kappa shape index (κ2) is 8.54. The van der Waals surface area contributed by atoms with Crippen molar-refractivity contribution in [3.8, 4) is 0 Å². The molecule has 1 saturated heterocycles. The molecule has 0 amide bonds. The van der Waals surface area contributed by atoms with E-state index in [4.69, 9.17) is 4.74 Å². The molecule has 4 heteroatoms. The van der Waals surface area contributed by atoms with Crippen LogP contribution < -0.4 is 5.32 Å². The summed E-state index contributed by atoms with van der Waals surface area (Å²) in [6.07, 6.45) is 2.81. The van der Waals surface area contributed by atoms with Gasteiger partial charge < -0.3 is 15.0 Å². The minimum atomic E-state index is -0.0778. The predicted molar refractivity (Wildman–Crippen MR) is 78.1 cm³/mol. The van der Waals surface area contributed by atoms with Crippen molar-refractivity contribution in [2.24, 2.45) is 11.8 Å². The Morgan fingerprint density at radius 1 is 1.42 bits per heavy atom. The van der Waals surface area contributed by atoms with Crippen LogP contribution in [0, 0.1) is 11.8 Å². The molecule has 1 N–H and O–H groups in total. The summed E-state index contributed by atoms with van der Waals surface area (Å²) >= 11 is 0. The molecule has 0 aliphatic carbocycles. The van der Waals surface area contributed by atoms with E-state index in [1.807, 2.05) is 0 Å². The smallest absolute Gasteiger partial charge is 0.305 e. The number of hydrogen-bond donors (Lipinski definition) is 1. The number of ether oxygens (including phenoxy) is 1. The number of esters is 1. The van der Waals surface area contributed by atoms with Gasteiger partial charge in [-0.25, -0.2) is 0 Å². The van der Waals surface area contributed by atoms with Gasteiger partial charge in [-0.3, -0.25) is 4.79 Å². The molecule has 0 bridgehead atoms. The average Bonchev–Trinajstić information content (AvgIpc) is 2.36. The van der Waals surface area contributed by atoms with Crippen LogP contribution in [0.25, 0.3) is 0 Å². The lowest BCUT2D eigenvalue weighted by Crippen LogP contribution is -2.50. The molecular formula is C15H30N2O2. The molecule has 1 aliphatic rings. The molecule has 1 heterocycles. The van der Waals surface area contributed by atoms with Gasteiger partial charge in [0, 0.05) is 25.6 Å². The first-order chi connectivity index (χ1) is 9.05. The zero-order valence-corrected chi connectivity index (χ0v) is 12.9. The fourth-order valence-corrected chi connectivity index (χ4v) is 2.82. The van der Waals surface area contributed by atoms with Crippen molar-refractivity contribution in [1.82, 2.24) is 10.2 Å². The first-order valence-electron chi connectivity index (χ1n) is 7.57. The Morgan fingerprint density at radius 3 is 2.74 bits per heavy atom. The number of piperidine rings is 1. The topological polar surface area (TPSA) is 41.6 Å². The Labute approximate surface area is 117 Å². The molecule has 0 radical (unpaired) electrons. The van der Waals surface area contributed by atoms with E-state index in [-0.39, 0.29) is 5.97 Å². The molecule has 112 valence electrons. The lowest BCUT2D eigenvalue weighted by atomic mass is 9.91. The lowest BCUT2D eigenvalue weighted by molar-refractivity contribution is -0.142. The van der Waals surface area contributed by atoms with Crippen molar-refractivity contribution < 1.29 is 9.53 Å². The first kappa shape index (κ1) is 16.4. The summed E-state index contributed by atoms with van der Waals surface area (Å²) in [4.78, 5) is 13.9. The van der Waals surface area contributed by atoms with Crippen molar-refractivity contribution >= 4 is 5.97 Å². The second-order valence-corrected chi connectivity index (χ2v) is 6.14. The summed E-state index contributed by atoms with van der Waals surface area (Å²) in [6, 6.07) is 0.511. The normalized spacial score (nSPS) is 24.7. The van der Waals surface area contributed by atoms with Gasteiger partial charge in [-0.1, -0.05) is 20.8 Å². The highest BCUT2D eigenvalue weighted by Gasteiger charge is 2.28. The Bertz CT molecular complexity index is 269. The fraction of sp³-hybridized carbons (Fsp3) is 0.933. The Balaban J connectivity index is 2.49. The van der Waals surface area contributed by atoms with Gasteiger partial charge in [-0.2, -0.15) is 0 Å². The minimum Gasteiger partial charge on any atom is -0.469 e. The maximum Gasteiger partial charge on any atom is 0.305 e. The summed E-state index contributed by atoms with van der Waals surface area (Å²) in [5.74, 6) is 1.02. The average molecular weight is 270 g/mol. The summed E-state index contributed by atoms with van der Waals surface area (Å²) in [7, 11) is 1.48. The number of rotatable bonds is 7. The summed E-state index contributed by atoms with van der Waals surface area (Å²) in [5.41, 5.74) is 0. The zero-order valence-electron chi connectivity index (χ0n) is 12.9. The third-order valence-corrected chi connectivity index (χ3v) is 3.65. The predicted octanol–water partition coefficient (Wildman–Crippen LogP) is 1.90. The van der Waals surface area contributed by atoms with Crippen molar-refractivity contribution in [3.05, 3.63) is 0 Å². The van der Waals surface area contributed by atoms with Gasteiger partial charge >= 0.3 is 5.97 Å². The number of nitrogens with one attached hydrogen (secondary N) is 1. The largest absolute Gasteiger partial charge is 0.469 e. The number of hydrogen-bond acceptors (Lipinski definition) is 4. The Hall–Kier alpha value is -0.610. The van der Waals surface area contributed by atoms with Crippen LogP contribution in [0.2, 0.25) is 0 Å². The molecule has 1 aliphatic heterocycles. The number of carbonyl (C=O) groups excluding carboxylic acids is 1. The maximum absolute atomic E-state index is 11.5. The minimum absolute atomic E-state index is 0.0778. The van der Waals surface area contributed by atoms with Gasteiger partial charge in [0.05, 0.1) is 7.11 Å². The van der Waals surface area contributed by atoms with Gasteiger partial charge in [-0.05, 0) is 37.8 Å². The van der Waals surface area contributed by atoms with Crippen LogP contribution >= 0.6 is 0 Å². The molecule has 0 aromatic heterocycles. The molecule has 4 nitrogen and oxygen atoms in total. The molecule has 0 saturated carbocycles. The quantitative estimate of drug-likeness (QED) is 0.717. The molecule has 2 unspecified atom stereocenters. The van der Waals surface area contributed by atoms with Crippen LogP contribution in [-0.4, -0.2) is 50.2 Å². The molecule has 2 atom stereocenters.